The number of hydrogen-bond donors (Lipinski definition) is 0. The third-order valence-corrected chi connectivity index (χ3v) is 15.3. The molecular weight excluding hydrogens is 707 g/mol. The Labute approximate surface area is 348 Å². The molecule has 1 atom stereocenters. The lowest BCUT2D eigenvalue weighted by Crippen LogP contribution is -2.58. The first-order valence-corrected chi connectivity index (χ1v) is 22.1. The molecule has 0 amide bonds. The van der Waals surface area contributed by atoms with Crippen molar-refractivity contribution >= 4 is 46.1 Å². The van der Waals surface area contributed by atoms with Crippen molar-refractivity contribution in [2.24, 2.45) is 0 Å². The molecule has 3 aliphatic heterocycles. The van der Waals surface area contributed by atoms with E-state index in [1.807, 2.05) is 0 Å². The largest absolute Gasteiger partial charge is 0.493 e. The highest BCUT2D eigenvalue weighted by molar-refractivity contribution is 6.95. The summed E-state index contributed by atoms with van der Waals surface area (Å²) in [4.78, 5) is 5.22. The van der Waals surface area contributed by atoms with Gasteiger partial charge in [-0.05, 0) is 153 Å². The third kappa shape index (κ3) is 5.65. The van der Waals surface area contributed by atoms with Crippen LogP contribution in [0.3, 0.4) is 0 Å². The average molecular weight is 771 g/mol. The molecule has 1 unspecified atom stereocenters. The van der Waals surface area contributed by atoms with Crippen LogP contribution in [0.4, 0.5) is 28.4 Å². The molecule has 3 heterocycles. The fraction of sp³-hybridized carbons (Fsp3) is 0.472. The second-order valence-electron chi connectivity index (χ2n) is 22.2. The van der Waals surface area contributed by atoms with Gasteiger partial charge in [-0.1, -0.05) is 106 Å². The van der Waals surface area contributed by atoms with Gasteiger partial charge in [-0.15, -0.1) is 0 Å². The summed E-state index contributed by atoms with van der Waals surface area (Å²) >= 11 is 0. The fourth-order valence-corrected chi connectivity index (χ4v) is 11.5. The molecule has 4 aromatic carbocycles. The first-order valence-electron chi connectivity index (χ1n) is 22.1. The summed E-state index contributed by atoms with van der Waals surface area (Å²) in [7, 11) is 0. The van der Waals surface area contributed by atoms with E-state index in [0.29, 0.717) is 13.2 Å². The lowest BCUT2D eigenvalue weighted by Gasteiger charge is -2.49. The second-order valence-corrected chi connectivity index (χ2v) is 22.2. The predicted molar refractivity (Wildman–Crippen MR) is 244 cm³/mol. The normalized spacial score (nSPS) is 23.1. The molecule has 1 fully saturated rings. The minimum Gasteiger partial charge on any atom is -0.493 e. The predicted octanol–water partition coefficient (Wildman–Crippen LogP) is 12.0. The zero-order valence-corrected chi connectivity index (χ0v) is 37.2. The maximum absolute atomic E-state index is 6.54. The van der Waals surface area contributed by atoms with E-state index < -0.39 is 0 Å². The second kappa shape index (κ2) is 12.4. The number of allylic oxidation sites excluding steroid dienone is 1. The molecule has 0 N–H and O–H groups in total. The van der Waals surface area contributed by atoms with Crippen LogP contribution >= 0.6 is 0 Å². The molecule has 0 saturated carbocycles. The highest BCUT2D eigenvalue weighted by atomic mass is 16.6. The Morgan fingerprint density at radius 2 is 1.19 bits per heavy atom. The summed E-state index contributed by atoms with van der Waals surface area (Å²) in [6.45, 7) is 30.2. The van der Waals surface area contributed by atoms with E-state index in [-0.39, 0.29) is 39.9 Å². The minimum absolute atomic E-state index is 0.0656. The molecule has 0 radical (unpaired) electrons. The number of nitrogens with zero attached hydrogens (tertiary/aromatic N) is 2. The van der Waals surface area contributed by atoms with Crippen molar-refractivity contribution in [3.05, 3.63) is 123 Å². The number of hydrogen-bond acceptors (Lipinski definition) is 4. The van der Waals surface area contributed by atoms with E-state index in [4.69, 9.17) is 9.47 Å². The Bertz CT molecular complexity index is 2460. The van der Waals surface area contributed by atoms with Crippen LogP contribution in [0.5, 0.6) is 0 Å². The minimum atomic E-state index is -0.0752. The first kappa shape index (κ1) is 38.0. The van der Waals surface area contributed by atoms with Gasteiger partial charge in [0.25, 0.3) is 0 Å². The van der Waals surface area contributed by atoms with Crippen molar-refractivity contribution in [1.82, 2.24) is 0 Å². The van der Waals surface area contributed by atoms with Gasteiger partial charge in [-0.25, -0.2) is 0 Å². The summed E-state index contributed by atoms with van der Waals surface area (Å²) < 4.78 is 12.9. The van der Waals surface area contributed by atoms with Gasteiger partial charge >= 0.3 is 0 Å². The van der Waals surface area contributed by atoms with Crippen molar-refractivity contribution in [3.8, 4) is 0 Å². The van der Waals surface area contributed by atoms with Crippen molar-refractivity contribution in [3.63, 3.8) is 0 Å². The van der Waals surface area contributed by atoms with Crippen LogP contribution < -0.4 is 20.7 Å². The summed E-state index contributed by atoms with van der Waals surface area (Å²) in [5, 5.41) is 0. The zero-order chi connectivity index (χ0) is 40.9. The van der Waals surface area contributed by atoms with Crippen molar-refractivity contribution < 1.29 is 9.47 Å². The van der Waals surface area contributed by atoms with Crippen LogP contribution in [0.1, 0.15) is 142 Å². The lowest BCUT2D eigenvalue weighted by molar-refractivity contribution is -0.0423. The van der Waals surface area contributed by atoms with Crippen LogP contribution in [0.25, 0.3) is 0 Å². The van der Waals surface area contributed by atoms with Crippen LogP contribution in [0.15, 0.2) is 89.7 Å². The smallest absolute Gasteiger partial charge is 0.247 e. The van der Waals surface area contributed by atoms with Gasteiger partial charge in [-0.3, -0.25) is 0 Å². The molecule has 4 nitrogen and oxygen atoms in total. The number of anilines is 5. The lowest BCUT2D eigenvalue weighted by atomic mass is 9.31. The third-order valence-electron chi connectivity index (χ3n) is 15.3. The number of rotatable bonds is 2. The van der Waals surface area contributed by atoms with Gasteiger partial charge in [0.05, 0.1) is 6.61 Å². The molecule has 5 heteroatoms. The molecule has 1 saturated heterocycles. The van der Waals surface area contributed by atoms with Crippen LogP contribution in [0, 0.1) is 6.92 Å². The van der Waals surface area contributed by atoms with E-state index in [1.54, 1.807) is 0 Å². The topological polar surface area (TPSA) is 24.9 Å². The van der Waals surface area contributed by atoms with Gasteiger partial charge < -0.3 is 19.3 Å². The monoisotopic (exact) mass is 770 g/mol. The number of ether oxygens (including phenoxy) is 2. The zero-order valence-electron chi connectivity index (χ0n) is 37.2. The van der Waals surface area contributed by atoms with E-state index >= 15 is 0 Å². The Morgan fingerprint density at radius 1 is 0.621 bits per heavy atom. The molecule has 300 valence electrons. The Balaban J connectivity index is 1.29. The number of fused-ring (bicyclic) bond motifs is 6. The summed E-state index contributed by atoms with van der Waals surface area (Å²) in [6, 6.07) is 27.0. The van der Waals surface area contributed by atoms with Crippen LogP contribution in [-0.2, 0) is 36.5 Å². The van der Waals surface area contributed by atoms with Crippen molar-refractivity contribution in [1.29, 1.82) is 0 Å². The van der Waals surface area contributed by atoms with Gasteiger partial charge in [-0.2, -0.15) is 0 Å². The first-order chi connectivity index (χ1) is 27.2. The maximum Gasteiger partial charge on any atom is 0.247 e. The highest BCUT2D eigenvalue weighted by Crippen LogP contribution is 2.53. The molecule has 0 spiro atoms. The fourth-order valence-electron chi connectivity index (χ4n) is 11.5. The van der Waals surface area contributed by atoms with E-state index in [1.165, 1.54) is 110 Å². The summed E-state index contributed by atoms with van der Waals surface area (Å²) in [5.41, 5.74) is 20.9. The molecule has 0 bridgehead atoms. The van der Waals surface area contributed by atoms with E-state index in [9.17, 15) is 0 Å². The van der Waals surface area contributed by atoms with E-state index in [2.05, 4.69) is 166 Å². The molecule has 0 aromatic heterocycles. The van der Waals surface area contributed by atoms with Crippen LogP contribution in [0.2, 0.25) is 0 Å². The Morgan fingerprint density at radius 3 is 1.83 bits per heavy atom. The molecule has 6 aliphatic rings. The van der Waals surface area contributed by atoms with Gasteiger partial charge in [0.2, 0.25) is 6.71 Å². The highest BCUT2D eigenvalue weighted by Gasteiger charge is 2.49. The number of benzene rings is 4. The van der Waals surface area contributed by atoms with Gasteiger partial charge in [0.15, 0.2) is 0 Å². The van der Waals surface area contributed by atoms with Gasteiger partial charge in [0, 0.05) is 40.2 Å². The van der Waals surface area contributed by atoms with Gasteiger partial charge in [0.1, 0.15) is 18.5 Å². The van der Waals surface area contributed by atoms with Crippen molar-refractivity contribution in [2.45, 2.75) is 148 Å². The van der Waals surface area contributed by atoms with Crippen LogP contribution in [-0.4, -0.2) is 26.0 Å². The summed E-state index contributed by atoms with van der Waals surface area (Å²) in [6.07, 6.45) is 7.82. The number of aryl methyl sites for hydroxylation is 1. The molecule has 10 rings (SSSR count). The maximum atomic E-state index is 6.54. The molecule has 3 aliphatic carbocycles. The summed E-state index contributed by atoms with van der Waals surface area (Å²) in [5.74, 6) is 0.961. The molecular formula is C53H63BN2O2. The van der Waals surface area contributed by atoms with E-state index in [0.717, 1.165) is 12.2 Å². The standard InChI is InChI=1S/C53H63BN2O2/c1-32-25-44-48-45(26-32)56(35-17-18-36-37(27-35)51(7,8)20-19-50(36,5)6)42-29-39-38(52(9,10)21-22-53(39,11)12)28-40(42)54(48)41-30-46-47(58-24-23-57-46)31-43(41)55(44)34-15-13-33(14-16-34)49(2,3)4/h13-18,25-29,31,46H,19-24,30H2,1-12H3. The Kier molecular flexibility index (Phi) is 8.14. The SMILES string of the molecule is Cc1cc2c3c(c1)N(c1ccc4c(c1)C(C)(C)CCC4(C)C)c1cc4c(cc1B3C1=C(C=C3OCCOC3C1)N2c1ccc(C(C)(C)C)cc1)C(C)(C)CCC4(C)C. The Hall–Kier alpha value is -4.22. The molecule has 58 heavy (non-hydrogen) atoms. The molecule has 4 aromatic rings. The average Bonchev–Trinajstić information content (AvgIpc) is 3.17. The quantitative estimate of drug-likeness (QED) is 0.190. The van der Waals surface area contributed by atoms with Crippen molar-refractivity contribution in [2.75, 3.05) is 23.0 Å².